The van der Waals surface area contributed by atoms with Gasteiger partial charge in [-0.05, 0) is 48.7 Å². The first-order valence-corrected chi connectivity index (χ1v) is 8.56. The van der Waals surface area contributed by atoms with Gasteiger partial charge in [0.25, 0.3) is 0 Å². The lowest BCUT2D eigenvalue weighted by molar-refractivity contribution is -0.0499. The first kappa shape index (κ1) is 18.3. The van der Waals surface area contributed by atoms with Gasteiger partial charge in [0, 0.05) is 11.6 Å². The first-order chi connectivity index (χ1) is 12.5. The van der Waals surface area contributed by atoms with Crippen molar-refractivity contribution in [2.75, 3.05) is 0 Å². The Morgan fingerprint density at radius 1 is 1.04 bits per heavy atom. The van der Waals surface area contributed by atoms with E-state index in [1.165, 1.54) is 6.07 Å². The van der Waals surface area contributed by atoms with Gasteiger partial charge in [0.1, 0.15) is 5.75 Å². The van der Waals surface area contributed by atoms with Gasteiger partial charge in [-0.2, -0.15) is 8.78 Å². The number of ether oxygens (including phenoxy) is 1. The lowest BCUT2D eigenvalue weighted by atomic mass is 9.74. The van der Waals surface area contributed by atoms with E-state index in [-0.39, 0.29) is 5.75 Å². The van der Waals surface area contributed by atoms with Gasteiger partial charge in [-0.25, -0.2) is 0 Å². The van der Waals surface area contributed by atoms with Crippen LogP contribution in [0, 0.1) is 0 Å². The van der Waals surface area contributed by atoms with E-state index in [2.05, 4.69) is 9.72 Å². The molecule has 5 heteroatoms. The molecule has 2 nitrogen and oxygen atoms in total. The van der Waals surface area contributed by atoms with Crippen molar-refractivity contribution in [3.8, 4) is 5.75 Å². The molecular formula is C21H18ClF2NO. The van der Waals surface area contributed by atoms with E-state index in [0.29, 0.717) is 11.4 Å². The fraction of sp³-hybridized carbons (Fsp3) is 0.190. The molecule has 1 aromatic heterocycles. The monoisotopic (exact) mass is 373 g/mol. The molecule has 1 heterocycles. The van der Waals surface area contributed by atoms with Gasteiger partial charge in [0.2, 0.25) is 0 Å². The molecule has 0 unspecified atom stereocenters. The highest BCUT2D eigenvalue weighted by Crippen LogP contribution is 2.36. The molecule has 2 aromatic carbocycles. The zero-order valence-corrected chi connectivity index (χ0v) is 15.0. The van der Waals surface area contributed by atoms with Crippen LogP contribution in [0.15, 0.2) is 72.9 Å². The molecule has 1 atom stereocenters. The van der Waals surface area contributed by atoms with Gasteiger partial charge in [-0.1, -0.05) is 54.1 Å². The largest absolute Gasteiger partial charge is 0.435 e. The highest BCUT2D eigenvalue weighted by atomic mass is 35.5. The van der Waals surface area contributed by atoms with Gasteiger partial charge < -0.3 is 4.74 Å². The van der Waals surface area contributed by atoms with Crippen LogP contribution in [0.2, 0.25) is 5.02 Å². The van der Waals surface area contributed by atoms with Gasteiger partial charge in [-0.3, -0.25) is 4.98 Å². The lowest BCUT2D eigenvalue weighted by Gasteiger charge is -2.30. The number of nitrogens with zero attached hydrogens (tertiary/aromatic N) is 1. The summed E-state index contributed by atoms with van der Waals surface area (Å²) in [4.78, 5) is 4.49. The van der Waals surface area contributed by atoms with Crippen LogP contribution in [-0.4, -0.2) is 11.6 Å². The Hall–Kier alpha value is -2.46. The van der Waals surface area contributed by atoms with E-state index < -0.39 is 12.0 Å². The summed E-state index contributed by atoms with van der Waals surface area (Å²) < 4.78 is 29.8. The maximum absolute atomic E-state index is 12.6. The predicted octanol–water partition coefficient (Wildman–Crippen LogP) is 5.89. The Bertz CT molecular complexity index is 855. The Morgan fingerprint density at radius 2 is 1.81 bits per heavy atom. The molecular weight excluding hydrogens is 356 g/mol. The predicted molar refractivity (Wildman–Crippen MR) is 98.9 cm³/mol. The minimum Gasteiger partial charge on any atom is -0.435 e. The molecule has 0 saturated carbocycles. The standard InChI is InChI=1S/C21H18ClF2NO/c1-21(13-15-6-3-2-4-7-15,19-11-10-17(22)14-25-19)16-8-5-9-18(12-16)26-20(23)24/h2-12,14,20H,13H2,1H3/t21-/m0/s1. The zero-order chi connectivity index (χ0) is 18.6. The number of benzene rings is 2. The quantitative estimate of drug-likeness (QED) is 0.537. The van der Waals surface area contributed by atoms with Crippen molar-refractivity contribution in [2.45, 2.75) is 25.4 Å². The summed E-state index contributed by atoms with van der Waals surface area (Å²) in [5.74, 6) is 0.130. The van der Waals surface area contributed by atoms with Crippen molar-refractivity contribution in [2.24, 2.45) is 0 Å². The summed E-state index contributed by atoms with van der Waals surface area (Å²) in [5, 5.41) is 0.547. The molecule has 0 aliphatic carbocycles. The molecule has 0 radical (unpaired) electrons. The van der Waals surface area contributed by atoms with Crippen molar-refractivity contribution >= 4 is 11.6 Å². The topological polar surface area (TPSA) is 22.1 Å². The zero-order valence-electron chi connectivity index (χ0n) is 14.2. The summed E-state index contributed by atoms with van der Waals surface area (Å²) in [6, 6.07) is 20.4. The van der Waals surface area contributed by atoms with Crippen LogP contribution in [0.1, 0.15) is 23.7 Å². The van der Waals surface area contributed by atoms with Gasteiger partial charge >= 0.3 is 6.61 Å². The number of alkyl halides is 2. The maximum Gasteiger partial charge on any atom is 0.387 e. The minimum absolute atomic E-state index is 0.130. The number of aromatic nitrogens is 1. The van der Waals surface area contributed by atoms with Crippen LogP contribution in [0.25, 0.3) is 0 Å². The second-order valence-electron chi connectivity index (χ2n) is 6.26. The molecule has 134 valence electrons. The van der Waals surface area contributed by atoms with Crippen molar-refractivity contribution in [3.63, 3.8) is 0 Å². The third kappa shape index (κ3) is 4.20. The van der Waals surface area contributed by atoms with Crippen LogP contribution in [0.3, 0.4) is 0 Å². The minimum atomic E-state index is -2.86. The van der Waals surface area contributed by atoms with Crippen LogP contribution in [0.4, 0.5) is 8.78 Å². The van der Waals surface area contributed by atoms with Gasteiger partial charge in [0.05, 0.1) is 10.7 Å². The molecule has 0 spiro atoms. The molecule has 3 rings (SSSR count). The fourth-order valence-electron chi connectivity index (χ4n) is 3.06. The average Bonchev–Trinajstić information content (AvgIpc) is 2.62. The fourth-order valence-corrected chi connectivity index (χ4v) is 3.17. The van der Waals surface area contributed by atoms with Crippen LogP contribution in [-0.2, 0) is 11.8 Å². The summed E-state index contributed by atoms with van der Waals surface area (Å²) in [6.45, 7) is -0.822. The number of hydrogen-bond donors (Lipinski definition) is 0. The summed E-state index contributed by atoms with van der Waals surface area (Å²) in [6.07, 6.45) is 2.25. The number of rotatable bonds is 6. The third-order valence-corrected chi connectivity index (χ3v) is 4.61. The van der Waals surface area contributed by atoms with Crippen LogP contribution in [0.5, 0.6) is 5.75 Å². The van der Waals surface area contributed by atoms with Gasteiger partial charge in [-0.15, -0.1) is 0 Å². The molecule has 0 aliphatic rings. The van der Waals surface area contributed by atoms with E-state index in [4.69, 9.17) is 11.6 Å². The Morgan fingerprint density at radius 3 is 2.46 bits per heavy atom. The number of halogens is 3. The second-order valence-corrected chi connectivity index (χ2v) is 6.70. The van der Waals surface area contributed by atoms with Crippen molar-refractivity contribution in [3.05, 3.63) is 94.8 Å². The Labute approximate surface area is 156 Å². The average molecular weight is 374 g/mol. The summed E-state index contributed by atoms with van der Waals surface area (Å²) >= 11 is 5.98. The maximum atomic E-state index is 12.6. The Kier molecular flexibility index (Phi) is 5.52. The highest BCUT2D eigenvalue weighted by molar-refractivity contribution is 6.30. The molecule has 0 aliphatic heterocycles. The highest BCUT2D eigenvalue weighted by Gasteiger charge is 2.31. The van der Waals surface area contributed by atoms with Gasteiger partial charge in [0.15, 0.2) is 0 Å². The van der Waals surface area contributed by atoms with E-state index in [1.807, 2.05) is 49.4 Å². The molecule has 3 aromatic rings. The number of pyridine rings is 1. The molecule has 0 saturated heterocycles. The van der Waals surface area contributed by atoms with E-state index in [1.54, 1.807) is 24.4 Å². The smallest absolute Gasteiger partial charge is 0.387 e. The van der Waals surface area contributed by atoms with E-state index in [0.717, 1.165) is 16.8 Å². The van der Waals surface area contributed by atoms with E-state index >= 15 is 0 Å². The normalized spacial score (nSPS) is 13.4. The molecule has 0 N–H and O–H groups in total. The lowest BCUT2D eigenvalue weighted by Crippen LogP contribution is -2.28. The SMILES string of the molecule is C[C@](Cc1ccccc1)(c1cccc(OC(F)F)c1)c1ccc(Cl)cn1. The summed E-state index contributed by atoms with van der Waals surface area (Å²) in [5.41, 5.74) is 2.23. The van der Waals surface area contributed by atoms with Crippen molar-refractivity contribution < 1.29 is 13.5 Å². The first-order valence-electron chi connectivity index (χ1n) is 8.19. The second kappa shape index (κ2) is 7.83. The van der Waals surface area contributed by atoms with Crippen LogP contribution < -0.4 is 4.74 Å². The van der Waals surface area contributed by atoms with Crippen molar-refractivity contribution in [1.29, 1.82) is 0 Å². The molecule has 26 heavy (non-hydrogen) atoms. The summed E-state index contributed by atoms with van der Waals surface area (Å²) in [7, 11) is 0. The molecule has 0 amide bonds. The number of hydrogen-bond acceptors (Lipinski definition) is 2. The third-order valence-electron chi connectivity index (χ3n) is 4.39. The van der Waals surface area contributed by atoms with Crippen LogP contribution >= 0.6 is 11.6 Å². The van der Waals surface area contributed by atoms with E-state index in [9.17, 15) is 8.78 Å². The molecule has 0 bridgehead atoms. The molecule has 0 fully saturated rings. The Balaban J connectivity index is 2.07. The van der Waals surface area contributed by atoms with Crippen molar-refractivity contribution in [1.82, 2.24) is 4.98 Å².